The molecule has 0 aromatic rings. The van der Waals surface area contributed by atoms with Crippen LogP contribution in [-0.4, -0.2) is 18.3 Å². The Morgan fingerprint density at radius 1 is 1.13 bits per heavy atom. The van der Waals surface area contributed by atoms with E-state index in [0.717, 1.165) is 0 Å². The summed E-state index contributed by atoms with van der Waals surface area (Å²) >= 11 is -2.43. The summed E-state index contributed by atoms with van der Waals surface area (Å²) in [5.41, 5.74) is -0.957. The molecule has 0 unspecified atom stereocenters. The normalized spacial score (nSPS) is 21.1. The molecule has 2 nitrogen and oxygen atoms in total. The zero-order valence-electron chi connectivity index (χ0n) is 16.3. The van der Waals surface area contributed by atoms with Crippen molar-refractivity contribution in [3.63, 3.8) is 0 Å². The molecule has 90 valence electrons. The van der Waals surface area contributed by atoms with E-state index in [4.69, 9.17) is 12.4 Å². The maximum Gasteiger partial charge on any atom is 0.368 e. The maximum atomic E-state index is 12.4. The Bertz CT molecular complexity index is 347. The lowest BCUT2D eigenvalue weighted by Gasteiger charge is -2.37. The van der Waals surface area contributed by atoms with Crippen LogP contribution in [0, 0.1) is 16.7 Å². The van der Waals surface area contributed by atoms with Crippen LogP contribution < -0.4 is 0 Å². The van der Waals surface area contributed by atoms with Crippen LogP contribution in [0.4, 0.5) is 0 Å². The van der Waals surface area contributed by atoms with E-state index in [0.29, 0.717) is 0 Å². The molecule has 0 spiro atoms. The van der Waals surface area contributed by atoms with Gasteiger partial charge in [0.15, 0.2) is 11.2 Å². The highest BCUT2D eigenvalue weighted by Gasteiger charge is 2.43. The van der Waals surface area contributed by atoms with Crippen LogP contribution >= 0.6 is 0 Å². The summed E-state index contributed by atoms with van der Waals surface area (Å²) in [4.78, 5) is 12.4. The van der Waals surface area contributed by atoms with E-state index in [2.05, 4.69) is 0 Å². The van der Waals surface area contributed by atoms with Crippen molar-refractivity contribution < 1.29 is 17.2 Å². The molecule has 0 N–H and O–H groups in total. The molecule has 0 radical (unpaired) electrons. The molecule has 0 rings (SSSR count). The number of hydrogen-bond donors (Lipinski definition) is 0. The average Bonchev–Trinajstić information content (AvgIpc) is 2.04. The van der Waals surface area contributed by atoms with Gasteiger partial charge in [0.05, 0.1) is 14.1 Å². The second-order valence-electron chi connectivity index (χ2n) is 5.84. The van der Waals surface area contributed by atoms with Crippen molar-refractivity contribution in [3.05, 3.63) is 0 Å². The van der Waals surface area contributed by atoms with Crippen molar-refractivity contribution >= 4 is 17.1 Å². The molecule has 0 fully saturated rings. The lowest BCUT2D eigenvalue weighted by Crippen LogP contribution is -2.40. The van der Waals surface area contributed by atoms with Crippen LogP contribution in [0.2, 0.25) is 0 Å². The first-order valence-electron chi connectivity index (χ1n) is 7.85. The summed E-state index contributed by atoms with van der Waals surface area (Å²) in [5.74, 6) is -1.39. The standard InChI is InChI=1S/C12H25O2S/c1-11(2,3)9(12(4,5)6)10(13)14-15(7)8/h9H,1-8H3/q+1/i7D3,8D3. The monoisotopic (exact) mass is 239 g/mol. The lowest BCUT2D eigenvalue weighted by molar-refractivity contribution is -0.146. The van der Waals surface area contributed by atoms with Gasteiger partial charge >= 0.3 is 5.97 Å². The third-order valence-electron chi connectivity index (χ3n) is 2.13. The van der Waals surface area contributed by atoms with Crippen molar-refractivity contribution in [1.82, 2.24) is 0 Å². The van der Waals surface area contributed by atoms with Crippen LogP contribution in [0.25, 0.3) is 0 Å². The molecule has 0 heterocycles. The highest BCUT2D eigenvalue weighted by molar-refractivity contribution is 7.91. The lowest BCUT2D eigenvalue weighted by atomic mass is 9.67. The van der Waals surface area contributed by atoms with Crippen LogP contribution in [-0.2, 0) is 20.2 Å². The van der Waals surface area contributed by atoms with Crippen molar-refractivity contribution in [1.29, 1.82) is 0 Å². The first-order valence-corrected chi connectivity index (χ1v) is 6.00. The van der Waals surface area contributed by atoms with Gasteiger partial charge < -0.3 is 0 Å². The van der Waals surface area contributed by atoms with Gasteiger partial charge in [0.1, 0.15) is 12.4 Å². The first kappa shape index (κ1) is 7.21. The largest absolute Gasteiger partial charge is 0.368 e. The predicted octanol–water partition coefficient (Wildman–Crippen LogP) is 3.03. The third kappa shape index (κ3) is 4.92. The molecule has 0 saturated carbocycles. The summed E-state index contributed by atoms with van der Waals surface area (Å²) in [6.07, 6.45) is -5.72. The van der Waals surface area contributed by atoms with Gasteiger partial charge in [-0.05, 0) is 10.8 Å². The van der Waals surface area contributed by atoms with E-state index >= 15 is 0 Å². The third-order valence-corrected chi connectivity index (χ3v) is 2.46. The number of hydrogen-bond acceptors (Lipinski definition) is 2. The minimum atomic E-state index is -2.86. The molecule has 0 aromatic carbocycles. The number of rotatable bonds is 2. The second-order valence-corrected chi connectivity index (χ2v) is 6.54. The zero-order valence-corrected chi connectivity index (χ0v) is 11.1. The van der Waals surface area contributed by atoms with Gasteiger partial charge in [0.2, 0.25) is 0 Å². The predicted molar refractivity (Wildman–Crippen MR) is 67.7 cm³/mol. The number of carbonyl (C=O) groups is 1. The number of carbonyl (C=O) groups excluding carboxylic acids is 1. The van der Waals surface area contributed by atoms with E-state index in [-0.39, 0.29) is 0 Å². The van der Waals surface area contributed by atoms with E-state index in [9.17, 15) is 4.79 Å². The highest BCUT2D eigenvalue weighted by Crippen LogP contribution is 2.40. The average molecular weight is 239 g/mol. The minimum Gasteiger partial charge on any atom is -0.248 e. The molecule has 0 aromatic heterocycles. The molecular weight excluding hydrogens is 208 g/mol. The molecule has 0 aliphatic heterocycles. The Balaban J connectivity index is 5.50. The molecule has 0 saturated heterocycles. The summed E-state index contributed by atoms with van der Waals surface area (Å²) in [5, 5.41) is 0. The first-order chi connectivity index (χ1) is 8.88. The second kappa shape index (κ2) is 4.77. The van der Waals surface area contributed by atoms with Crippen LogP contribution in [0.15, 0.2) is 0 Å². The molecule has 0 aliphatic rings. The van der Waals surface area contributed by atoms with Crippen molar-refractivity contribution in [2.24, 2.45) is 16.7 Å². The highest BCUT2D eigenvalue weighted by atomic mass is 32.2. The summed E-state index contributed by atoms with van der Waals surface area (Å²) < 4.78 is 48.8. The van der Waals surface area contributed by atoms with Gasteiger partial charge in [-0.25, -0.2) is 8.98 Å². The maximum absolute atomic E-state index is 12.4. The van der Waals surface area contributed by atoms with E-state index < -0.39 is 46.3 Å². The van der Waals surface area contributed by atoms with Gasteiger partial charge in [-0.15, -0.1) is 0 Å². The molecular formula is C12H25O2S+. The van der Waals surface area contributed by atoms with Crippen molar-refractivity contribution in [3.8, 4) is 0 Å². The van der Waals surface area contributed by atoms with Crippen molar-refractivity contribution in [2.75, 3.05) is 12.4 Å². The van der Waals surface area contributed by atoms with Gasteiger partial charge in [0.25, 0.3) is 0 Å². The minimum absolute atomic E-state index is 0.478. The smallest absolute Gasteiger partial charge is 0.248 e. The zero-order chi connectivity index (χ0) is 17.4. The Labute approximate surface area is 106 Å². The van der Waals surface area contributed by atoms with Gasteiger partial charge in [-0.1, -0.05) is 41.5 Å². The Morgan fingerprint density at radius 3 is 1.80 bits per heavy atom. The molecule has 3 heteroatoms. The van der Waals surface area contributed by atoms with Gasteiger partial charge in [-0.2, -0.15) is 0 Å². The van der Waals surface area contributed by atoms with Gasteiger partial charge in [-0.3, -0.25) is 0 Å². The fraction of sp³-hybridized carbons (Fsp3) is 0.917. The van der Waals surface area contributed by atoms with Crippen LogP contribution in [0.3, 0.4) is 0 Å². The Hall–Kier alpha value is -0.180. The Morgan fingerprint density at radius 2 is 1.53 bits per heavy atom. The fourth-order valence-corrected chi connectivity index (χ4v) is 2.40. The molecule has 0 bridgehead atoms. The quantitative estimate of drug-likeness (QED) is 0.692. The van der Waals surface area contributed by atoms with Crippen LogP contribution in [0.1, 0.15) is 49.8 Å². The summed E-state index contributed by atoms with van der Waals surface area (Å²) in [6.45, 7) is 11.0. The summed E-state index contributed by atoms with van der Waals surface area (Å²) in [7, 11) is 0. The molecule has 0 atom stereocenters. The van der Waals surface area contributed by atoms with Crippen molar-refractivity contribution in [2.45, 2.75) is 41.5 Å². The SMILES string of the molecule is [2H]C([2H])([2H])[S+](OC(=O)C(C(C)(C)C)C(C)(C)C)C([2H])([2H])[2H]. The van der Waals surface area contributed by atoms with Crippen LogP contribution in [0.5, 0.6) is 0 Å². The fourth-order valence-electron chi connectivity index (χ4n) is 2.14. The van der Waals surface area contributed by atoms with Gasteiger partial charge in [0, 0.05) is 0 Å². The molecule has 0 amide bonds. The molecule has 0 aliphatic carbocycles. The summed E-state index contributed by atoms with van der Waals surface area (Å²) in [6, 6.07) is 0. The van der Waals surface area contributed by atoms with E-state index in [1.165, 1.54) is 0 Å². The van der Waals surface area contributed by atoms with E-state index in [1.807, 2.05) is 41.5 Å². The topological polar surface area (TPSA) is 26.3 Å². The Kier molecular flexibility index (Phi) is 2.29. The van der Waals surface area contributed by atoms with E-state index in [1.54, 1.807) is 0 Å². The molecule has 15 heavy (non-hydrogen) atoms.